The normalized spacial score (nSPS) is 10.7. The zero-order chi connectivity index (χ0) is 14.2. The zero-order valence-corrected chi connectivity index (χ0v) is 11.8. The van der Waals surface area contributed by atoms with Crippen LogP contribution in [0.15, 0.2) is 42.6 Å². The van der Waals surface area contributed by atoms with Gasteiger partial charge < -0.3 is 16.0 Å². The van der Waals surface area contributed by atoms with Gasteiger partial charge in [-0.25, -0.2) is 4.98 Å². The Kier molecular flexibility index (Phi) is 5.32. The Morgan fingerprint density at radius 3 is 2.75 bits per heavy atom. The molecule has 5 heteroatoms. The van der Waals surface area contributed by atoms with Crippen molar-refractivity contribution in [3.05, 3.63) is 48.2 Å². The maximum Gasteiger partial charge on any atom is 0.221 e. The SMILES string of the molecule is CN(CCCNc1ccnc(N)n1)Cc1ccccc1. The second-order valence-corrected chi connectivity index (χ2v) is 4.80. The smallest absolute Gasteiger partial charge is 0.221 e. The molecule has 0 radical (unpaired) electrons. The molecule has 0 aliphatic rings. The molecular formula is C15H21N5. The third-order valence-corrected chi connectivity index (χ3v) is 2.99. The Hall–Kier alpha value is -2.14. The van der Waals surface area contributed by atoms with E-state index in [-0.39, 0.29) is 0 Å². The van der Waals surface area contributed by atoms with Crippen LogP contribution < -0.4 is 11.1 Å². The van der Waals surface area contributed by atoms with Crippen LogP contribution in [-0.2, 0) is 6.54 Å². The number of nitrogens with two attached hydrogens (primary N) is 1. The molecule has 2 aromatic rings. The molecule has 0 atom stereocenters. The topological polar surface area (TPSA) is 67.1 Å². The van der Waals surface area contributed by atoms with Crippen LogP contribution in [-0.4, -0.2) is 35.0 Å². The van der Waals surface area contributed by atoms with Gasteiger partial charge in [0.05, 0.1) is 0 Å². The van der Waals surface area contributed by atoms with Crippen LogP contribution in [0.4, 0.5) is 11.8 Å². The van der Waals surface area contributed by atoms with Crippen LogP contribution in [0, 0.1) is 0 Å². The van der Waals surface area contributed by atoms with E-state index in [0.717, 1.165) is 31.9 Å². The molecule has 106 valence electrons. The lowest BCUT2D eigenvalue weighted by Gasteiger charge is -2.16. The molecule has 0 saturated heterocycles. The maximum atomic E-state index is 5.53. The lowest BCUT2D eigenvalue weighted by Crippen LogP contribution is -2.21. The van der Waals surface area contributed by atoms with Crippen molar-refractivity contribution in [3.63, 3.8) is 0 Å². The standard InChI is InChI=1S/C15H21N5/c1-20(12-13-6-3-2-4-7-13)11-5-9-17-14-8-10-18-15(16)19-14/h2-4,6-8,10H,5,9,11-12H2,1H3,(H3,16,17,18,19). The highest BCUT2D eigenvalue weighted by molar-refractivity contribution is 5.37. The van der Waals surface area contributed by atoms with E-state index in [0.29, 0.717) is 5.95 Å². The first-order valence-corrected chi connectivity index (χ1v) is 6.79. The van der Waals surface area contributed by atoms with Crippen molar-refractivity contribution in [1.82, 2.24) is 14.9 Å². The molecule has 0 aliphatic heterocycles. The molecule has 0 saturated carbocycles. The molecule has 1 aromatic heterocycles. The second-order valence-electron chi connectivity index (χ2n) is 4.80. The Bertz CT molecular complexity index is 515. The lowest BCUT2D eigenvalue weighted by molar-refractivity contribution is 0.325. The van der Waals surface area contributed by atoms with Crippen molar-refractivity contribution < 1.29 is 0 Å². The highest BCUT2D eigenvalue weighted by atomic mass is 15.1. The van der Waals surface area contributed by atoms with Crippen LogP contribution in [0.5, 0.6) is 0 Å². The van der Waals surface area contributed by atoms with Crippen molar-refractivity contribution in [2.45, 2.75) is 13.0 Å². The number of benzene rings is 1. The van der Waals surface area contributed by atoms with E-state index in [1.165, 1.54) is 5.56 Å². The van der Waals surface area contributed by atoms with Crippen molar-refractivity contribution >= 4 is 11.8 Å². The molecule has 0 amide bonds. The molecule has 0 bridgehead atoms. The van der Waals surface area contributed by atoms with Gasteiger partial charge in [-0.3, -0.25) is 0 Å². The van der Waals surface area contributed by atoms with Gasteiger partial charge in [-0.15, -0.1) is 0 Å². The summed E-state index contributed by atoms with van der Waals surface area (Å²) in [5.74, 6) is 1.08. The third-order valence-electron chi connectivity index (χ3n) is 2.99. The molecule has 5 nitrogen and oxygen atoms in total. The summed E-state index contributed by atoms with van der Waals surface area (Å²) in [4.78, 5) is 10.3. The van der Waals surface area contributed by atoms with E-state index in [4.69, 9.17) is 5.73 Å². The predicted molar refractivity (Wildman–Crippen MR) is 82.3 cm³/mol. The molecule has 1 aromatic carbocycles. The van der Waals surface area contributed by atoms with Gasteiger partial charge in [-0.1, -0.05) is 30.3 Å². The van der Waals surface area contributed by atoms with Gasteiger partial charge in [0.25, 0.3) is 0 Å². The van der Waals surface area contributed by atoms with Crippen molar-refractivity contribution in [3.8, 4) is 0 Å². The molecular weight excluding hydrogens is 250 g/mol. The first-order chi connectivity index (χ1) is 9.74. The highest BCUT2D eigenvalue weighted by Crippen LogP contribution is 2.04. The minimum Gasteiger partial charge on any atom is -0.370 e. The summed E-state index contributed by atoms with van der Waals surface area (Å²) in [5.41, 5.74) is 6.87. The molecule has 0 fully saturated rings. The fourth-order valence-corrected chi connectivity index (χ4v) is 2.01. The maximum absolute atomic E-state index is 5.53. The van der Waals surface area contributed by atoms with Crippen molar-refractivity contribution in [2.75, 3.05) is 31.2 Å². The number of aromatic nitrogens is 2. The number of nitrogens with one attached hydrogen (secondary N) is 1. The van der Waals surface area contributed by atoms with E-state index in [9.17, 15) is 0 Å². The van der Waals surface area contributed by atoms with Gasteiger partial charge in [0, 0.05) is 19.3 Å². The number of rotatable bonds is 7. The molecule has 1 heterocycles. The monoisotopic (exact) mass is 271 g/mol. The van der Waals surface area contributed by atoms with Crippen molar-refractivity contribution in [2.24, 2.45) is 0 Å². The summed E-state index contributed by atoms with van der Waals surface area (Å²) >= 11 is 0. The number of hydrogen-bond donors (Lipinski definition) is 2. The van der Waals surface area contributed by atoms with Crippen molar-refractivity contribution in [1.29, 1.82) is 0 Å². The van der Waals surface area contributed by atoms with Crippen LogP contribution in [0.25, 0.3) is 0 Å². The Morgan fingerprint density at radius 1 is 1.20 bits per heavy atom. The van der Waals surface area contributed by atoms with Gasteiger partial charge in [0.2, 0.25) is 5.95 Å². The van der Waals surface area contributed by atoms with Crippen LogP contribution >= 0.6 is 0 Å². The fourth-order valence-electron chi connectivity index (χ4n) is 2.01. The van der Waals surface area contributed by atoms with E-state index in [1.54, 1.807) is 6.20 Å². The average molecular weight is 271 g/mol. The summed E-state index contributed by atoms with van der Waals surface area (Å²) in [6.45, 7) is 2.87. The molecule has 20 heavy (non-hydrogen) atoms. The Labute approximate surface area is 119 Å². The largest absolute Gasteiger partial charge is 0.370 e. The van der Waals surface area contributed by atoms with Crippen LogP contribution in [0.1, 0.15) is 12.0 Å². The molecule has 0 spiro atoms. The minimum atomic E-state index is 0.302. The quantitative estimate of drug-likeness (QED) is 0.754. The zero-order valence-electron chi connectivity index (χ0n) is 11.8. The fraction of sp³-hybridized carbons (Fsp3) is 0.333. The number of hydrogen-bond acceptors (Lipinski definition) is 5. The third kappa shape index (κ3) is 4.85. The summed E-state index contributed by atoms with van der Waals surface area (Å²) in [5, 5.41) is 3.25. The second kappa shape index (κ2) is 7.45. The molecule has 0 aliphatic carbocycles. The minimum absolute atomic E-state index is 0.302. The van der Waals surface area contributed by atoms with E-state index in [1.807, 2.05) is 12.1 Å². The Balaban J connectivity index is 1.66. The summed E-state index contributed by atoms with van der Waals surface area (Å²) < 4.78 is 0. The van der Waals surface area contributed by atoms with Crippen LogP contribution in [0.2, 0.25) is 0 Å². The first-order valence-electron chi connectivity index (χ1n) is 6.79. The predicted octanol–water partition coefficient (Wildman–Crippen LogP) is 1.99. The van der Waals surface area contributed by atoms with Gasteiger partial charge in [-0.05, 0) is 31.6 Å². The number of anilines is 2. The molecule has 3 N–H and O–H groups in total. The average Bonchev–Trinajstić information content (AvgIpc) is 2.45. The lowest BCUT2D eigenvalue weighted by atomic mass is 10.2. The van der Waals surface area contributed by atoms with E-state index >= 15 is 0 Å². The van der Waals surface area contributed by atoms with Crippen LogP contribution in [0.3, 0.4) is 0 Å². The van der Waals surface area contributed by atoms with Gasteiger partial charge in [0.1, 0.15) is 5.82 Å². The molecule has 2 rings (SSSR count). The Morgan fingerprint density at radius 2 is 2.00 bits per heavy atom. The number of nitrogens with zero attached hydrogens (tertiary/aromatic N) is 3. The summed E-state index contributed by atoms with van der Waals surface area (Å²) in [6.07, 6.45) is 2.71. The van der Waals surface area contributed by atoms with E-state index in [2.05, 4.69) is 51.5 Å². The number of nitrogen functional groups attached to an aromatic ring is 1. The van der Waals surface area contributed by atoms with Gasteiger partial charge in [0.15, 0.2) is 0 Å². The highest BCUT2D eigenvalue weighted by Gasteiger charge is 2.00. The summed E-state index contributed by atoms with van der Waals surface area (Å²) in [6, 6.07) is 12.3. The first kappa shape index (κ1) is 14.3. The van der Waals surface area contributed by atoms with Gasteiger partial charge >= 0.3 is 0 Å². The molecule has 0 unspecified atom stereocenters. The summed E-state index contributed by atoms with van der Waals surface area (Å²) in [7, 11) is 2.13. The van der Waals surface area contributed by atoms with Gasteiger partial charge in [-0.2, -0.15) is 4.98 Å². The van der Waals surface area contributed by atoms with E-state index < -0.39 is 0 Å².